The number of nitrogens with zero attached hydrogens (tertiary/aromatic N) is 1. The fraction of sp³-hybridized carbons (Fsp3) is 0.150. The van der Waals surface area contributed by atoms with Gasteiger partial charge in [-0.1, -0.05) is 6.07 Å². The maximum Gasteiger partial charge on any atom is 0.341 e. The zero-order valence-corrected chi connectivity index (χ0v) is 16.1. The van der Waals surface area contributed by atoms with E-state index in [4.69, 9.17) is 14.6 Å². The Balaban J connectivity index is 1.86. The molecule has 1 fully saturated rings. The second-order valence-corrected chi connectivity index (χ2v) is 6.85. The first-order valence-electron chi connectivity index (χ1n) is 8.57. The van der Waals surface area contributed by atoms with Crippen molar-refractivity contribution < 1.29 is 34.1 Å². The topological polar surface area (TPSA) is 113 Å². The van der Waals surface area contributed by atoms with Crippen molar-refractivity contribution in [3.63, 3.8) is 0 Å². The quantitative estimate of drug-likeness (QED) is 0.661. The summed E-state index contributed by atoms with van der Waals surface area (Å²) >= 11 is 0.800. The highest BCUT2D eigenvalue weighted by atomic mass is 32.2. The number of rotatable bonds is 7. The monoisotopic (exact) mass is 415 g/mol. The first-order chi connectivity index (χ1) is 13.9. The number of thioether (sulfide) groups is 1. The molecule has 0 aromatic heterocycles. The highest BCUT2D eigenvalue weighted by Crippen LogP contribution is 2.37. The van der Waals surface area contributed by atoms with Crippen LogP contribution in [0.3, 0.4) is 0 Å². The number of anilines is 1. The second-order valence-electron chi connectivity index (χ2n) is 5.86. The van der Waals surface area contributed by atoms with Crippen LogP contribution in [0.1, 0.15) is 12.5 Å². The molecule has 0 atom stereocenters. The van der Waals surface area contributed by atoms with Crippen LogP contribution in [0.4, 0.5) is 10.5 Å². The van der Waals surface area contributed by atoms with Gasteiger partial charge in [0.1, 0.15) is 5.75 Å². The van der Waals surface area contributed by atoms with Gasteiger partial charge in [-0.05, 0) is 66.7 Å². The van der Waals surface area contributed by atoms with Crippen LogP contribution in [0, 0.1) is 0 Å². The molecule has 1 aliphatic heterocycles. The molecule has 8 nitrogen and oxygen atoms in total. The van der Waals surface area contributed by atoms with E-state index in [0.717, 1.165) is 16.7 Å². The molecule has 0 spiro atoms. The molecular formula is C20H17NO7S. The fourth-order valence-electron chi connectivity index (χ4n) is 2.58. The average molecular weight is 415 g/mol. The predicted octanol–water partition coefficient (Wildman–Crippen LogP) is 3.50. The number of carboxylic acid groups (broad SMARTS) is 1. The number of phenols is 1. The molecule has 2 aromatic carbocycles. The summed E-state index contributed by atoms with van der Waals surface area (Å²) in [5.74, 6) is -0.955. The van der Waals surface area contributed by atoms with Crippen molar-refractivity contribution in [3.8, 4) is 17.2 Å². The number of phenolic OH excluding ortho intramolecular Hbond substituents is 1. The van der Waals surface area contributed by atoms with Crippen LogP contribution in [0.25, 0.3) is 6.08 Å². The van der Waals surface area contributed by atoms with Gasteiger partial charge >= 0.3 is 5.97 Å². The van der Waals surface area contributed by atoms with Gasteiger partial charge in [-0.15, -0.1) is 0 Å². The predicted molar refractivity (Wildman–Crippen MR) is 107 cm³/mol. The molecule has 2 N–H and O–H groups in total. The van der Waals surface area contributed by atoms with Crippen LogP contribution < -0.4 is 14.4 Å². The second kappa shape index (κ2) is 8.70. The molecule has 29 heavy (non-hydrogen) atoms. The summed E-state index contributed by atoms with van der Waals surface area (Å²) in [6.07, 6.45) is 1.55. The maximum atomic E-state index is 12.7. The summed E-state index contributed by atoms with van der Waals surface area (Å²) in [5, 5.41) is 17.7. The van der Waals surface area contributed by atoms with Crippen molar-refractivity contribution in [1.82, 2.24) is 0 Å². The summed E-state index contributed by atoms with van der Waals surface area (Å²) in [6, 6.07) is 10.5. The number of carboxylic acids is 1. The molecule has 0 saturated carbocycles. The Bertz CT molecular complexity index is 985. The third-order valence-electron chi connectivity index (χ3n) is 3.82. The Labute approximate surface area is 170 Å². The van der Waals surface area contributed by atoms with Crippen LogP contribution in [-0.2, 0) is 9.59 Å². The van der Waals surface area contributed by atoms with Crippen molar-refractivity contribution in [3.05, 3.63) is 52.9 Å². The number of aliphatic carboxylic acids is 1. The number of aromatic hydroxyl groups is 1. The molecule has 3 rings (SSSR count). The highest BCUT2D eigenvalue weighted by molar-refractivity contribution is 8.19. The van der Waals surface area contributed by atoms with Crippen LogP contribution in [0.15, 0.2) is 47.4 Å². The van der Waals surface area contributed by atoms with E-state index in [2.05, 4.69) is 0 Å². The zero-order valence-electron chi connectivity index (χ0n) is 15.3. The molecule has 2 amide bonds. The van der Waals surface area contributed by atoms with Crippen LogP contribution in [-0.4, -0.2) is 40.5 Å². The van der Waals surface area contributed by atoms with Crippen molar-refractivity contribution in [2.24, 2.45) is 0 Å². The van der Waals surface area contributed by atoms with E-state index >= 15 is 0 Å². The van der Waals surface area contributed by atoms with Gasteiger partial charge in [0, 0.05) is 0 Å². The molecule has 0 unspecified atom stereocenters. The number of carbonyl (C=O) groups is 3. The lowest BCUT2D eigenvalue weighted by Crippen LogP contribution is -2.27. The molecule has 2 aromatic rings. The van der Waals surface area contributed by atoms with Crippen LogP contribution >= 0.6 is 11.8 Å². The van der Waals surface area contributed by atoms with Gasteiger partial charge in [-0.3, -0.25) is 9.59 Å². The van der Waals surface area contributed by atoms with Crippen molar-refractivity contribution in [2.75, 3.05) is 18.1 Å². The Kier molecular flexibility index (Phi) is 6.08. The minimum atomic E-state index is -1.11. The summed E-state index contributed by atoms with van der Waals surface area (Å²) in [4.78, 5) is 37.0. The first kappa shape index (κ1) is 20.3. The van der Waals surface area contributed by atoms with Gasteiger partial charge in [-0.2, -0.15) is 0 Å². The molecule has 1 heterocycles. The molecular weight excluding hydrogens is 398 g/mol. The average Bonchev–Trinajstić information content (AvgIpc) is 2.95. The molecule has 150 valence electrons. The first-order valence-corrected chi connectivity index (χ1v) is 9.39. The van der Waals surface area contributed by atoms with Gasteiger partial charge in [0.2, 0.25) is 0 Å². The lowest BCUT2D eigenvalue weighted by atomic mass is 10.1. The summed E-state index contributed by atoms with van der Waals surface area (Å²) < 4.78 is 10.7. The van der Waals surface area contributed by atoms with E-state index < -0.39 is 23.7 Å². The number of benzene rings is 2. The number of hydrogen-bond donors (Lipinski definition) is 2. The minimum absolute atomic E-state index is 0.0323. The molecule has 9 heteroatoms. The third-order valence-corrected chi connectivity index (χ3v) is 4.69. The summed E-state index contributed by atoms with van der Waals surface area (Å²) in [7, 11) is 0. The van der Waals surface area contributed by atoms with Gasteiger partial charge < -0.3 is 19.7 Å². The molecule has 0 radical (unpaired) electrons. The molecule has 1 saturated heterocycles. The van der Waals surface area contributed by atoms with E-state index in [1.807, 2.05) is 0 Å². The SMILES string of the molecule is CCOc1cc(/C=C2/SC(=O)N(c3ccc(O)cc3)C2=O)ccc1OCC(=O)O. The summed E-state index contributed by atoms with van der Waals surface area (Å²) in [5.41, 5.74) is 0.952. The third kappa shape index (κ3) is 4.69. The number of carbonyl (C=O) groups excluding carboxylic acids is 2. The Morgan fingerprint density at radius 2 is 1.83 bits per heavy atom. The highest BCUT2D eigenvalue weighted by Gasteiger charge is 2.36. The Morgan fingerprint density at radius 1 is 1.10 bits per heavy atom. The standard InChI is InChI=1S/C20H17NO7S/c1-2-27-16-9-12(3-8-15(16)28-11-18(23)24)10-17-19(25)21(20(26)29-17)13-4-6-14(22)7-5-13/h3-10,22H,2,11H2,1H3,(H,23,24)/b17-10+. The van der Waals surface area contributed by atoms with Crippen molar-refractivity contribution >= 4 is 40.6 Å². The van der Waals surface area contributed by atoms with E-state index in [0.29, 0.717) is 23.6 Å². The summed E-state index contributed by atoms with van der Waals surface area (Å²) in [6.45, 7) is 1.60. The van der Waals surface area contributed by atoms with Crippen LogP contribution in [0.5, 0.6) is 17.2 Å². The van der Waals surface area contributed by atoms with E-state index in [-0.39, 0.29) is 16.4 Å². The molecule has 0 bridgehead atoms. The fourth-order valence-corrected chi connectivity index (χ4v) is 3.43. The minimum Gasteiger partial charge on any atom is -0.508 e. The smallest absolute Gasteiger partial charge is 0.341 e. The van der Waals surface area contributed by atoms with E-state index in [1.165, 1.54) is 24.3 Å². The normalized spacial score (nSPS) is 15.1. The lowest BCUT2D eigenvalue weighted by Gasteiger charge is -2.12. The number of amides is 2. The Morgan fingerprint density at radius 3 is 2.48 bits per heavy atom. The maximum absolute atomic E-state index is 12.7. The Hall–Kier alpha value is -3.46. The van der Waals surface area contributed by atoms with Gasteiger partial charge in [0.05, 0.1) is 17.2 Å². The zero-order chi connectivity index (χ0) is 21.0. The molecule has 1 aliphatic rings. The van der Waals surface area contributed by atoms with Gasteiger partial charge in [0.25, 0.3) is 11.1 Å². The largest absolute Gasteiger partial charge is 0.508 e. The number of ether oxygens (including phenoxy) is 2. The van der Waals surface area contributed by atoms with E-state index in [9.17, 15) is 19.5 Å². The number of imide groups is 1. The van der Waals surface area contributed by atoms with Gasteiger partial charge in [-0.25, -0.2) is 9.69 Å². The van der Waals surface area contributed by atoms with Crippen molar-refractivity contribution in [1.29, 1.82) is 0 Å². The van der Waals surface area contributed by atoms with E-state index in [1.54, 1.807) is 31.2 Å². The number of hydrogen-bond acceptors (Lipinski definition) is 7. The van der Waals surface area contributed by atoms with Crippen LogP contribution in [0.2, 0.25) is 0 Å². The van der Waals surface area contributed by atoms with Gasteiger partial charge in [0.15, 0.2) is 18.1 Å². The lowest BCUT2D eigenvalue weighted by molar-refractivity contribution is -0.139. The van der Waals surface area contributed by atoms with Crippen molar-refractivity contribution in [2.45, 2.75) is 6.92 Å². The molecule has 0 aliphatic carbocycles.